The van der Waals surface area contributed by atoms with Crippen LogP contribution in [0.1, 0.15) is 55.1 Å². The van der Waals surface area contributed by atoms with Gasteiger partial charge < -0.3 is 14.0 Å². The lowest BCUT2D eigenvalue weighted by molar-refractivity contribution is -0.150. The van der Waals surface area contributed by atoms with Crippen molar-refractivity contribution in [2.45, 2.75) is 52.4 Å². The van der Waals surface area contributed by atoms with Crippen molar-refractivity contribution in [3.63, 3.8) is 0 Å². The molecule has 1 N–H and O–H groups in total. The van der Waals surface area contributed by atoms with E-state index in [1.807, 2.05) is 31.2 Å². The molecule has 4 atom stereocenters. The summed E-state index contributed by atoms with van der Waals surface area (Å²) in [6, 6.07) is 19.2. The number of hydrogen-bond donors (Lipinski definition) is 1. The van der Waals surface area contributed by atoms with Crippen LogP contribution in [0.5, 0.6) is 5.75 Å². The minimum atomic E-state index is -0.294. The number of rotatable bonds is 7. The number of para-hydroxylation sites is 1. The molecule has 3 aromatic rings. The van der Waals surface area contributed by atoms with Crippen molar-refractivity contribution in [3.8, 4) is 5.75 Å². The number of nitrogens with one attached hydrogen (secondary N) is 1. The lowest BCUT2D eigenvalue weighted by atomic mass is 9.47. The largest absolute Gasteiger partial charge is 0.494 e. The van der Waals surface area contributed by atoms with Gasteiger partial charge in [0.15, 0.2) is 0 Å². The number of pyridine rings is 1. The number of hydrogen-bond acceptors (Lipinski definition) is 6. The SMILES string of the molecule is CC(=NNC(=O)c1ccncc1)c1ccccc1OCc1ccc(B2OC3CC4CC(C3O2)C4(C)C)cc1. The maximum atomic E-state index is 12.3. The van der Waals surface area contributed by atoms with E-state index in [0.717, 1.165) is 28.9 Å². The Morgan fingerprint density at radius 2 is 1.84 bits per heavy atom. The average molecular weight is 509 g/mol. The fourth-order valence-electron chi connectivity index (χ4n) is 6.08. The summed E-state index contributed by atoms with van der Waals surface area (Å²) in [5.41, 5.74) is 7.02. The summed E-state index contributed by atoms with van der Waals surface area (Å²) in [6.07, 6.45) is 5.94. The van der Waals surface area contributed by atoms with Gasteiger partial charge in [0, 0.05) is 23.5 Å². The van der Waals surface area contributed by atoms with Crippen LogP contribution in [-0.2, 0) is 15.9 Å². The number of nitrogens with zero attached hydrogens (tertiary/aromatic N) is 2. The molecule has 1 aromatic heterocycles. The maximum Gasteiger partial charge on any atom is 0.494 e. The quantitative estimate of drug-likeness (QED) is 0.291. The molecule has 3 aliphatic carbocycles. The molecule has 1 amide bonds. The molecule has 7 nitrogen and oxygen atoms in total. The van der Waals surface area contributed by atoms with Crippen molar-refractivity contribution in [1.82, 2.24) is 10.4 Å². The smallest absolute Gasteiger partial charge is 0.488 e. The first kappa shape index (κ1) is 24.8. The Labute approximate surface area is 223 Å². The highest BCUT2D eigenvalue weighted by Gasteiger charge is 2.62. The first-order valence-corrected chi connectivity index (χ1v) is 13.3. The topological polar surface area (TPSA) is 82.0 Å². The first-order valence-electron chi connectivity index (χ1n) is 13.3. The molecular formula is C30H32BN3O4. The number of benzene rings is 2. The summed E-state index contributed by atoms with van der Waals surface area (Å²) in [5.74, 6) is 1.76. The van der Waals surface area contributed by atoms with Crippen LogP contribution in [0.3, 0.4) is 0 Å². The predicted molar refractivity (Wildman–Crippen MR) is 146 cm³/mol. The molecule has 4 aliphatic rings. The third kappa shape index (κ3) is 4.63. The molecule has 2 aromatic carbocycles. The maximum absolute atomic E-state index is 12.3. The summed E-state index contributed by atoms with van der Waals surface area (Å²) < 4.78 is 18.9. The van der Waals surface area contributed by atoms with Crippen molar-refractivity contribution in [2.75, 3.05) is 0 Å². The molecule has 2 bridgehead atoms. The van der Waals surface area contributed by atoms with Crippen LogP contribution in [0.2, 0.25) is 0 Å². The average Bonchev–Trinajstić information content (AvgIpc) is 3.40. The van der Waals surface area contributed by atoms with Gasteiger partial charge >= 0.3 is 7.12 Å². The fraction of sp³-hybridized carbons (Fsp3) is 0.367. The van der Waals surface area contributed by atoms with Crippen LogP contribution >= 0.6 is 0 Å². The molecule has 2 heterocycles. The van der Waals surface area contributed by atoms with Crippen LogP contribution in [0.25, 0.3) is 0 Å². The van der Waals surface area contributed by atoms with E-state index in [-0.39, 0.29) is 25.2 Å². The molecule has 1 aliphatic heterocycles. The fourth-order valence-corrected chi connectivity index (χ4v) is 6.08. The molecule has 8 heteroatoms. The molecule has 1 saturated heterocycles. The normalized spacial score (nSPS) is 25.3. The van der Waals surface area contributed by atoms with Gasteiger partial charge in [0.2, 0.25) is 0 Å². The van der Waals surface area contributed by atoms with Gasteiger partial charge in [0.1, 0.15) is 12.4 Å². The highest BCUT2D eigenvalue weighted by Crippen LogP contribution is 2.61. The van der Waals surface area contributed by atoms with E-state index in [1.165, 1.54) is 6.42 Å². The zero-order valence-corrected chi connectivity index (χ0v) is 22.0. The highest BCUT2D eigenvalue weighted by atomic mass is 16.7. The lowest BCUT2D eigenvalue weighted by Crippen LogP contribution is -2.59. The first-order chi connectivity index (χ1) is 18.4. The van der Waals surface area contributed by atoms with Crippen molar-refractivity contribution in [2.24, 2.45) is 22.4 Å². The Hall–Kier alpha value is -3.49. The van der Waals surface area contributed by atoms with Gasteiger partial charge in [0.05, 0.1) is 17.9 Å². The number of carbonyl (C=O) groups is 1. The molecule has 4 unspecified atom stereocenters. The molecule has 0 spiro atoms. The van der Waals surface area contributed by atoms with Gasteiger partial charge in [-0.1, -0.05) is 50.2 Å². The van der Waals surface area contributed by atoms with Crippen LogP contribution in [0.4, 0.5) is 0 Å². The number of hydrazone groups is 1. The van der Waals surface area contributed by atoms with Crippen LogP contribution < -0.4 is 15.6 Å². The van der Waals surface area contributed by atoms with E-state index in [4.69, 9.17) is 14.0 Å². The Balaban J connectivity index is 1.07. The number of aromatic nitrogens is 1. The standard InChI is InChI=1S/C30H32BN3O4/c1-19(33-34-29(35)21-12-14-32-15-13-21)24-6-4-5-7-26(24)36-18-20-8-10-23(11-9-20)31-37-27-17-22-16-25(28(27)38-31)30(22,2)3/h4-15,22,25,27-28H,16-18H2,1-3H3,(H,34,35). The molecule has 3 saturated carbocycles. The molecule has 38 heavy (non-hydrogen) atoms. The van der Waals surface area contributed by atoms with Crippen LogP contribution in [-0.4, -0.2) is 35.9 Å². The number of ether oxygens (including phenoxy) is 1. The Bertz CT molecular complexity index is 1350. The minimum Gasteiger partial charge on any atom is -0.488 e. The third-order valence-electron chi connectivity index (χ3n) is 8.60. The molecule has 0 radical (unpaired) electrons. The van der Waals surface area contributed by atoms with Gasteiger partial charge in [-0.05, 0) is 72.3 Å². The monoisotopic (exact) mass is 509 g/mol. The third-order valence-corrected chi connectivity index (χ3v) is 8.60. The second kappa shape index (κ2) is 10.0. The molecule has 194 valence electrons. The highest BCUT2D eigenvalue weighted by molar-refractivity contribution is 6.61. The van der Waals surface area contributed by atoms with Crippen molar-refractivity contribution < 1.29 is 18.8 Å². The van der Waals surface area contributed by atoms with E-state index in [2.05, 4.69) is 53.6 Å². The summed E-state index contributed by atoms with van der Waals surface area (Å²) in [7, 11) is -0.294. The zero-order chi connectivity index (χ0) is 26.3. The molecule has 7 rings (SSSR count). The van der Waals surface area contributed by atoms with E-state index >= 15 is 0 Å². The van der Waals surface area contributed by atoms with Gasteiger partial charge in [-0.25, -0.2) is 5.43 Å². The minimum absolute atomic E-state index is 0.207. The van der Waals surface area contributed by atoms with Gasteiger partial charge in [-0.15, -0.1) is 0 Å². The molecular weight excluding hydrogens is 477 g/mol. The van der Waals surface area contributed by atoms with E-state index in [1.54, 1.807) is 24.5 Å². The lowest BCUT2D eigenvalue weighted by Gasteiger charge is -2.60. The number of amides is 1. The Morgan fingerprint density at radius 3 is 2.61 bits per heavy atom. The second-order valence-electron chi connectivity index (χ2n) is 11.1. The Kier molecular flexibility index (Phi) is 6.54. The van der Waals surface area contributed by atoms with Gasteiger partial charge in [0.25, 0.3) is 5.91 Å². The van der Waals surface area contributed by atoms with Gasteiger partial charge in [-0.3, -0.25) is 9.78 Å². The second-order valence-corrected chi connectivity index (χ2v) is 11.1. The summed E-state index contributed by atoms with van der Waals surface area (Å²) in [6.45, 7) is 6.99. The van der Waals surface area contributed by atoms with E-state index < -0.39 is 0 Å². The molecule has 4 fully saturated rings. The van der Waals surface area contributed by atoms with E-state index in [0.29, 0.717) is 35.0 Å². The van der Waals surface area contributed by atoms with Crippen molar-refractivity contribution in [1.29, 1.82) is 0 Å². The predicted octanol–water partition coefficient (Wildman–Crippen LogP) is 4.36. The van der Waals surface area contributed by atoms with Crippen molar-refractivity contribution in [3.05, 3.63) is 89.7 Å². The van der Waals surface area contributed by atoms with Gasteiger partial charge in [-0.2, -0.15) is 5.10 Å². The summed E-state index contributed by atoms with van der Waals surface area (Å²) >= 11 is 0. The number of carbonyl (C=O) groups excluding carboxylic acids is 1. The van der Waals surface area contributed by atoms with Crippen LogP contribution in [0, 0.1) is 17.3 Å². The van der Waals surface area contributed by atoms with Crippen molar-refractivity contribution >= 4 is 24.2 Å². The van der Waals surface area contributed by atoms with E-state index in [9.17, 15) is 4.79 Å². The zero-order valence-electron chi connectivity index (χ0n) is 22.0. The van der Waals surface area contributed by atoms with Crippen LogP contribution in [0.15, 0.2) is 78.2 Å². The summed E-state index contributed by atoms with van der Waals surface area (Å²) in [5, 5.41) is 4.28. The Morgan fingerprint density at radius 1 is 1.08 bits per heavy atom. The summed E-state index contributed by atoms with van der Waals surface area (Å²) in [4.78, 5) is 16.3.